The van der Waals surface area contributed by atoms with Crippen molar-refractivity contribution in [3.8, 4) is 0 Å². The van der Waals surface area contributed by atoms with E-state index in [1.54, 1.807) is 16.7 Å². The summed E-state index contributed by atoms with van der Waals surface area (Å²) in [5.41, 5.74) is 2.44. The minimum atomic E-state index is -0.144. The molecule has 186 valence electrons. The van der Waals surface area contributed by atoms with Crippen molar-refractivity contribution < 1.29 is 5.11 Å². The van der Waals surface area contributed by atoms with E-state index in [-0.39, 0.29) is 18.2 Å². The average molecular weight is 516 g/mol. The molecule has 0 unspecified atom stereocenters. The van der Waals surface area contributed by atoms with Gasteiger partial charge in [-0.3, -0.25) is 4.79 Å². The number of β-amino-alcohol motifs (C(OH)–C–C–N with tert-alkyl or cyclic N) is 1. The molecule has 0 radical (unpaired) electrons. The van der Waals surface area contributed by atoms with Gasteiger partial charge in [0.2, 0.25) is 0 Å². The van der Waals surface area contributed by atoms with E-state index in [9.17, 15) is 9.90 Å². The summed E-state index contributed by atoms with van der Waals surface area (Å²) in [7, 11) is 0. The number of aromatic nitrogens is 2. The normalized spacial score (nSPS) is 20.1. The van der Waals surface area contributed by atoms with E-state index in [1.165, 1.54) is 18.9 Å². The number of nitrogens with zero attached hydrogens (tertiary/aromatic N) is 4. The fourth-order valence-corrected chi connectivity index (χ4v) is 6.00. The molecular formula is C26H31Cl2N5O2. The summed E-state index contributed by atoms with van der Waals surface area (Å²) < 4.78 is 1.61. The summed E-state index contributed by atoms with van der Waals surface area (Å²) in [6.45, 7) is 7.14. The van der Waals surface area contributed by atoms with Gasteiger partial charge in [0.25, 0.3) is 5.56 Å². The van der Waals surface area contributed by atoms with Crippen molar-refractivity contribution in [1.82, 2.24) is 14.3 Å². The first-order chi connectivity index (χ1) is 16.9. The molecule has 9 heteroatoms. The molecule has 0 amide bonds. The second-order valence-electron chi connectivity index (χ2n) is 9.70. The molecule has 7 nitrogen and oxygen atoms in total. The van der Waals surface area contributed by atoms with Gasteiger partial charge >= 0.3 is 0 Å². The Labute approximate surface area is 215 Å². The lowest BCUT2D eigenvalue weighted by Gasteiger charge is -2.47. The Hall–Kier alpha value is -2.32. The summed E-state index contributed by atoms with van der Waals surface area (Å²) >= 11 is 12.5. The number of anilines is 2. The molecule has 1 aromatic carbocycles. The molecule has 0 spiro atoms. The Kier molecular flexibility index (Phi) is 7.21. The summed E-state index contributed by atoms with van der Waals surface area (Å²) in [5, 5.41) is 13.9. The molecule has 35 heavy (non-hydrogen) atoms. The summed E-state index contributed by atoms with van der Waals surface area (Å²) in [6.07, 6.45) is 4.01. The lowest BCUT2D eigenvalue weighted by molar-refractivity contribution is 0.102. The Morgan fingerprint density at radius 1 is 1.14 bits per heavy atom. The van der Waals surface area contributed by atoms with E-state index in [4.69, 9.17) is 23.2 Å². The molecule has 0 aliphatic carbocycles. The zero-order chi connectivity index (χ0) is 24.5. The predicted octanol–water partition coefficient (Wildman–Crippen LogP) is 4.31. The quantitative estimate of drug-likeness (QED) is 0.488. The largest absolute Gasteiger partial charge is 0.395 e. The van der Waals surface area contributed by atoms with Crippen LogP contribution < -0.4 is 15.8 Å². The smallest absolute Gasteiger partial charge is 0.259 e. The van der Waals surface area contributed by atoms with E-state index >= 15 is 0 Å². The van der Waals surface area contributed by atoms with Crippen LogP contribution in [-0.4, -0.2) is 58.7 Å². The number of aliphatic hydroxyl groups is 1. The van der Waals surface area contributed by atoms with Crippen LogP contribution in [0.2, 0.25) is 10.0 Å². The highest BCUT2D eigenvalue weighted by Crippen LogP contribution is 2.36. The standard InChI is InChI=1S/C26H31Cl2N5O2/c1-17(22-5-4-20(27)11-23(22)28)30-25-13-21(12-24-29-7-6-26(35)33(24)25)32-15-19(16-32)18-3-2-8-31(14-18)9-10-34/h4-7,11-13,17-19,30,34H,2-3,8-10,14-16H2,1H3/t17-,18+/m1/s1. The zero-order valence-corrected chi connectivity index (χ0v) is 21.3. The third-order valence-electron chi connectivity index (χ3n) is 7.37. The van der Waals surface area contributed by atoms with E-state index < -0.39 is 0 Å². The number of hydrogen-bond donors (Lipinski definition) is 2. The van der Waals surface area contributed by atoms with E-state index in [2.05, 4.69) is 20.1 Å². The van der Waals surface area contributed by atoms with Gasteiger partial charge in [0.15, 0.2) is 0 Å². The van der Waals surface area contributed by atoms with E-state index in [1.807, 2.05) is 31.2 Å². The van der Waals surface area contributed by atoms with Gasteiger partial charge in [0.1, 0.15) is 11.5 Å². The molecule has 2 aliphatic rings. The number of nitrogens with one attached hydrogen (secondary N) is 1. The van der Waals surface area contributed by atoms with Crippen LogP contribution >= 0.6 is 23.2 Å². The van der Waals surface area contributed by atoms with Crippen molar-refractivity contribution in [2.24, 2.45) is 11.8 Å². The number of likely N-dealkylation sites (tertiary alicyclic amines) is 1. The third-order valence-corrected chi connectivity index (χ3v) is 7.93. The Morgan fingerprint density at radius 3 is 2.74 bits per heavy atom. The first kappa shape index (κ1) is 24.4. The summed E-state index contributed by atoms with van der Waals surface area (Å²) in [5.74, 6) is 1.99. The van der Waals surface area contributed by atoms with Crippen LogP contribution in [-0.2, 0) is 0 Å². The molecule has 2 saturated heterocycles. The maximum absolute atomic E-state index is 12.7. The van der Waals surface area contributed by atoms with Crippen LogP contribution in [0.5, 0.6) is 0 Å². The molecule has 0 bridgehead atoms. The van der Waals surface area contributed by atoms with Gasteiger partial charge in [-0.15, -0.1) is 0 Å². The van der Waals surface area contributed by atoms with Crippen LogP contribution in [0, 0.1) is 11.8 Å². The summed E-state index contributed by atoms with van der Waals surface area (Å²) in [4.78, 5) is 22.0. The van der Waals surface area contributed by atoms with Crippen molar-refractivity contribution in [1.29, 1.82) is 0 Å². The van der Waals surface area contributed by atoms with Crippen LogP contribution in [0.1, 0.15) is 31.4 Å². The second-order valence-corrected chi connectivity index (χ2v) is 10.5. The minimum Gasteiger partial charge on any atom is -0.395 e. The highest BCUT2D eigenvalue weighted by Gasteiger charge is 2.36. The molecule has 2 fully saturated rings. The first-order valence-corrected chi connectivity index (χ1v) is 13.0. The minimum absolute atomic E-state index is 0.133. The highest BCUT2D eigenvalue weighted by molar-refractivity contribution is 6.35. The monoisotopic (exact) mass is 515 g/mol. The lowest BCUT2D eigenvalue weighted by Crippen LogP contribution is -2.53. The molecule has 5 rings (SSSR count). The first-order valence-electron chi connectivity index (χ1n) is 12.2. The lowest BCUT2D eigenvalue weighted by atomic mass is 9.80. The van der Waals surface area contributed by atoms with Gasteiger partial charge in [-0.25, -0.2) is 9.38 Å². The maximum Gasteiger partial charge on any atom is 0.259 e. The van der Waals surface area contributed by atoms with Gasteiger partial charge < -0.3 is 20.2 Å². The zero-order valence-electron chi connectivity index (χ0n) is 19.8. The number of aliphatic hydroxyl groups excluding tert-OH is 1. The number of pyridine rings is 1. The Balaban J connectivity index is 1.37. The number of piperidine rings is 1. The van der Waals surface area contributed by atoms with E-state index in [0.717, 1.165) is 44.0 Å². The van der Waals surface area contributed by atoms with Gasteiger partial charge in [-0.1, -0.05) is 29.3 Å². The van der Waals surface area contributed by atoms with Crippen molar-refractivity contribution in [3.05, 3.63) is 68.6 Å². The summed E-state index contributed by atoms with van der Waals surface area (Å²) in [6, 6.07) is 10.8. The van der Waals surface area contributed by atoms with Crippen LogP contribution in [0.3, 0.4) is 0 Å². The molecule has 2 atom stereocenters. The van der Waals surface area contributed by atoms with Crippen molar-refractivity contribution in [3.63, 3.8) is 0 Å². The number of hydrogen-bond acceptors (Lipinski definition) is 6. The second kappa shape index (κ2) is 10.3. The Bertz CT molecular complexity index is 1260. The van der Waals surface area contributed by atoms with Crippen molar-refractivity contribution in [2.75, 3.05) is 49.5 Å². The predicted molar refractivity (Wildman–Crippen MR) is 142 cm³/mol. The number of rotatable bonds is 7. The van der Waals surface area contributed by atoms with Gasteiger partial charge in [0.05, 0.1) is 12.6 Å². The Morgan fingerprint density at radius 2 is 1.97 bits per heavy atom. The fraction of sp³-hybridized carbons (Fsp3) is 0.462. The van der Waals surface area contributed by atoms with Crippen LogP contribution in [0.4, 0.5) is 11.5 Å². The molecule has 0 saturated carbocycles. The van der Waals surface area contributed by atoms with Crippen molar-refractivity contribution in [2.45, 2.75) is 25.8 Å². The van der Waals surface area contributed by atoms with Gasteiger partial charge in [0, 0.05) is 66.3 Å². The fourth-order valence-electron chi connectivity index (χ4n) is 5.43. The topological polar surface area (TPSA) is 73.1 Å². The maximum atomic E-state index is 12.7. The highest BCUT2D eigenvalue weighted by atomic mass is 35.5. The average Bonchev–Trinajstić information content (AvgIpc) is 2.78. The third kappa shape index (κ3) is 5.14. The van der Waals surface area contributed by atoms with Crippen LogP contribution in [0.15, 0.2) is 47.4 Å². The SMILES string of the molecule is C[C@@H](Nc1cc(N2CC([C@H]3CCCN(CCO)C3)C2)cc2nccc(=O)n12)c1ccc(Cl)cc1Cl. The molecule has 3 aromatic rings. The van der Waals surface area contributed by atoms with Crippen LogP contribution in [0.25, 0.3) is 5.65 Å². The number of fused-ring (bicyclic) bond motifs is 1. The van der Waals surface area contributed by atoms with E-state index in [0.29, 0.717) is 33.3 Å². The van der Waals surface area contributed by atoms with Gasteiger partial charge in [-0.05, 0) is 55.8 Å². The molecule has 4 heterocycles. The molecule has 2 aliphatic heterocycles. The van der Waals surface area contributed by atoms with Gasteiger partial charge in [-0.2, -0.15) is 0 Å². The van der Waals surface area contributed by atoms with Crippen molar-refractivity contribution >= 4 is 40.4 Å². The number of halogens is 2. The molecule has 2 N–H and O–H groups in total. The number of benzene rings is 1. The molecular weight excluding hydrogens is 485 g/mol. The molecule has 2 aromatic heterocycles.